The van der Waals surface area contributed by atoms with Crippen LogP contribution in [-0.4, -0.2) is 29.8 Å². The van der Waals surface area contributed by atoms with Crippen molar-refractivity contribution in [1.29, 1.82) is 0 Å². The van der Waals surface area contributed by atoms with E-state index in [2.05, 4.69) is 10.1 Å². The molecule has 0 unspecified atom stereocenters. The normalized spacial score (nSPS) is 11.8. The fraction of sp³-hybridized carbons (Fsp3) is 0.300. The molecule has 0 radical (unpaired) electrons. The maximum absolute atomic E-state index is 12.2. The third-order valence-electron chi connectivity index (χ3n) is 4.09. The average Bonchev–Trinajstić information content (AvgIpc) is 2.60. The molecule has 5 nitrogen and oxygen atoms in total. The lowest BCUT2D eigenvalue weighted by Crippen LogP contribution is -2.28. The second-order valence-electron chi connectivity index (χ2n) is 6.78. The molecule has 28 heavy (non-hydrogen) atoms. The Morgan fingerprint density at radius 3 is 2.29 bits per heavy atom. The van der Waals surface area contributed by atoms with E-state index in [1.165, 1.54) is 18.2 Å². The van der Waals surface area contributed by atoms with E-state index in [4.69, 9.17) is 0 Å². The minimum absolute atomic E-state index is 0.0304. The fourth-order valence-electron chi connectivity index (χ4n) is 2.39. The highest BCUT2D eigenvalue weighted by Crippen LogP contribution is 2.25. The fourth-order valence-corrected chi connectivity index (χ4v) is 2.39. The van der Waals surface area contributed by atoms with Gasteiger partial charge in [-0.2, -0.15) is 13.2 Å². The Bertz CT molecular complexity index is 845. The molecule has 8 heteroatoms. The van der Waals surface area contributed by atoms with Gasteiger partial charge < -0.3 is 15.2 Å². The van der Waals surface area contributed by atoms with Crippen LogP contribution in [0.15, 0.2) is 48.5 Å². The molecule has 150 valence electrons. The van der Waals surface area contributed by atoms with Gasteiger partial charge in [0, 0.05) is 5.69 Å². The van der Waals surface area contributed by atoms with Gasteiger partial charge in [0.15, 0.2) is 6.61 Å². The molecule has 0 saturated heterocycles. The SMILES string of the molecule is CC(C)(C(=O)O)c1ccc(NC(=O)Cc2cccc(OCC(F)(F)F)c2)cc1. The van der Waals surface area contributed by atoms with Crippen LogP contribution in [-0.2, 0) is 21.4 Å². The quantitative estimate of drug-likeness (QED) is 0.738. The number of carboxylic acids is 1. The number of ether oxygens (including phenoxy) is 1. The first-order chi connectivity index (χ1) is 13.0. The Kier molecular flexibility index (Phi) is 6.33. The van der Waals surface area contributed by atoms with E-state index in [-0.39, 0.29) is 18.1 Å². The van der Waals surface area contributed by atoms with Crippen LogP contribution >= 0.6 is 0 Å². The van der Waals surface area contributed by atoms with Crippen LogP contribution in [0.1, 0.15) is 25.0 Å². The molecule has 1 amide bonds. The van der Waals surface area contributed by atoms with Crippen molar-refractivity contribution in [3.8, 4) is 5.75 Å². The number of amides is 1. The topological polar surface area (TPSA) is 75.6 Å². The lowest BCUT2D eigenvalue weighted by molar-refractivity contribution is -0.153. The molecule has 0 aromatic heterocycles. The number of carbonyl (C=O) groups excluding carboxylic acids is 1. The smallest absolute Gasteiger partial charge is 0.422 e. The number of aliphatic carboxylic acids is 1. The number of benzene rings is 2. The van der Waals surface area contributed by atoms with Crippen molar-refractivity contribution in [2.75, 3.05) is 11.9 Å². The zero-order chi connectivity index (χ0) is 20.9. The summed E-state index contributed by atoms with van der Waals surface area (Å²) in [7, 11) is 0. The first kappa shape index (κ1) is 21.3. The van der Waals surface area contributed by atoms with Gasteiger partial charge in [-0.1, -0.05) is 24.3 Å². The molecule has 0 aliphatic heterocycles. The van der Waals surface area contributed by atoms with Crippen LogP contribution in [0.3, 0.4) is 0 Å². The minimum Gasteiger partial charge on any atom is -0.484 e. The van der Waals surface area contributed by atoms with E-state index >= 15 is 0 Å². The number of anilines is 1. The van der Waals surface area contributed by atoms with Crippen LogP contribution in [0.2, 0.25) is 0 Å². The monoisotopic (exact) mass is 395 g/mol. The number of halogens is 3. The lowest BCUT2D eigenvalue weighted by Gasteiger charge is -2.19. The van der Waals surface area contributed by atoms with Gasteiger partial charge in [0.1, 0.15) is 5.75 Å². The van der Waals surface area contributed by atoms with Crippen LogP contribution in [0.4, 0.5) is 18.9 Å². The summed E-state index contributed by atoms with van der Waals surface area (Å²) in [5.74, 6) is -1.29. The van der Waals surface area contributed by atoms with E-state index in [1.807, 2.05) is 0 Å². The Hall–Kier alpha value is -3.03. The summed E-state index contributed by atoms with van der Waals surface area (Å²) in [6.07, 6.45) is -4.49. The van der Waals surface area contributed by atoms with Gasteiger partial charge in [-0.25, -0.2) is 0 Å². The average molecular weight is 395 g/mol. The molecule has 2 rings (SSSR count). The van der Waals surface area contributed by atoms with Crippen molar-refractivity contribution in [3.63, 3.8) is 0 Å². The second-order valence-corrected chi connectivity index (χ2v) is 6.78. The molecular formula is C20H20F3NO4. The Balaban J connectivity index is 1.98. The third-order valence-corrected chi connectivity index (χ3v) is 4.09. The summed E-state index contributed by atoms with van der Waals surface area (Å²) in [6, 6.07) is 12.3. The van der Waals surface area contributed by atoms with E-state index in [0.717, 1.165) is 0 Å². The molecule has 0 fully saturated rings. The predicted molar refractivity (Wildman–Crippen MR) is 97.4 cm³/mol. The first-order valence-corrected chi connectivity index (χ1v) is 8.39. The molecule has 2 aromatic rings. The molecular weight excluding hydrogens is 375 g/mol. The molecule has 2 aromatic carbocycles. The number of rotatable bonds is 7. The zero-order valence-corrected chi connectivity index (χ0v) is 15.3. The van der Waals surface area contributed by atoms with Crippen LogP contribution in [0, 0.1) is 0 Å². The molecule has 0 bridgehead atoms. The standard InChI is InChI=1S/C20H20F3NO4/c1-19(2,18(26)27)14-6-8-15(9-7-14)24-17(25)11-13-4-3-5-16(10-13)28-12-20(21,22)23/h3-10H,11-12H2,1-2H3,(H,24,25)(H,26,27). The summed E-state index contributed by atoms with van der Waals surface area (Å²) in [5.41, 5.74) is 0.520. The van der Waals surface area contributed by atoms with Crippen LogP contribution in [0.25, 0.3) is 0 Å². The Morgan fingerprint density at radius 2 is 1.71 bits per heavy atom. The summed E-state index contributed by atoms with van der Waals surface area (Å²) < 4.78 is 41.3. The molecule has 0 aliphatic rings. The lowest BCUT2D eigenvalue weighted by atomic mass is 9.85. The van der Waals surface area contributed by atoms with E-state index in [1.54, 1.807) is 44.2 Å². The van der Waals surface area contributed by atoms with Crippen LogP contribution in [0.5, 0.6) is 5.75 Å². The van der Waals surface area contributed by atoms with E-state index < -0.39 is 24.2 Å². The second kappa shape index (κ2) is 8.33. The number of hydrogen-bond acceptors (Lipinski definition) is 3. The molecule has 0 aliphatic carbocycles. The largest absolute Gasteiger partial charge is 0.484 e. The highest BCUT2D eigenvalue weighted by Gasteiger charge is 2.29. The zero-order valence-electron chi connectivity index (χ0n) is 15.3. The first-order valence-electron chi connectivity index (χ1n) is 8.39. The van der Waals surface area contributed by atoms with Crippen molar-refractivity contribution in [1.82, 2.24) is 0 Å². The van der Waals surface area contributed by atoms with Gasteiger partial charge in [0.25, 0.3) is 0 Å². The van der Waals surface area contributed by atoms with Crippen molar-refractivity contribution < 1.29 is 32.6 Å². The van der Waals surface area contributed by atoms with E-state index in [9.17, 15) is 27.9 Å². The highest BCUT2D eigenvalue weighted by atomic mass is 19.4. The maximum atomic E-state index is 12.2. The molecule has 0 atom stereocenters. The van der Waals surface area contributed by atoms with Gasteiger partial charge in [-0.3, -0.25) is 9.59 Å². The van der Waals surface area contributed by atoms with Crippen molar-refractivity contribution in [2.45, 2.75) is 31.9 Å². The summed E-state index contributed by atoms with van der Waals surface area (Å²) in [4.78, 5) is 23.4. The van der Waals surface area contributed by atoms with E-state index in [0.29, 0.717) is 16.8 Å². The summed E-state index contributed by atoms with van der Waals surface area (Å²) >= 11 is 0. The van der Waals surface area contributed by atoms with Gasteiger partial charge in [-0.15, -0.1) is 0 Å². The van der Waals surface area contributed by atoms with Gasteiger partial charge in [-0.05, 0) is 49.2 Å². The molecule has 0 spiro atoms. The number of hydrogen-bond donors (Lipinski definition) is 2. The molecule has 2 N–H and O–H groups in total. The predicted octanol–water partition coefficient (Wildman–Crippen LogP) is 4.17. The van der Waals surface area contributed by atoms with Crippen LogP contribution < -0.4 is 10.1 Å². The van der Waals surface area contributed by atoms with Crippen molar-refractivity contribution in [3.05, 3.63) is 59.7 Å². The van der Waals surface area contributed by atoms with Gasteiger partial charge in [0.2, 0.25) is 5.91 Å². The van der Waals surface area contributed by atoms with Gasteiger partial charge >= 0.3 is 12.1 Å². The minimum atomic E-state index is -4.44. The Morgan fingerprint density at radius 1 is 1.07 bits per heavy atom. The molecule has 0 heterocycles. The van der Waals surface area contributed by atoms with Crippen molar-refractivity contribution in [2.24, 2.45) is 0 Å². The summed E-state index contributed by atoms with van der Waals surface area (Å²) in [5, 5.41) is 11.9. The highest BCUT2D eigenvalue weighted by molar-refractivity contribution is 5.92. The number of carboxylic acid groups (broad SMARTS) is 1. The van der Waals surface area contributed by atoms with Crippen molar-refractivity contribution >= 4 is 17.6 Å². The molecule has 0 saturated carbocycles. The number of nitrogens with one attached hydrogen (secondary N) is 1. The maximum Gasteiger partial charge on any atom is 0.422 e. The van der Waals surface area contributed by atoms with Gasteiger partial charge in [0.05, 0.1) is 11.8 Å². The number of alkyl halides is 3. The summed E-state index contributed by atoms with van der Waals surface area (Å²) in [6.45, 7) is 1.76. The third kappa shape index (κ3) is 6.00. The number of carbonyl (C=O) groups is 2. The Labute approximate surface area is 160 Å².